The van der Waals surface area contributed by atoms with Crippen LogP contribution >= 0.6 is 0 Å². The van der Waals surface area contributed by atoms with Crippen LogP contribution in [0.3, 0.4) is 0 Å². The third-order valence-corrected chi connectivity index (χ3v) is 4.73. The maximum Gasteiger partial charge on any atom is 0.168 e. The minimum Gasteiger partial charge on any atom is -0.369 e. The van der Waals surface area contributed by atoms with Crippen LogP contribution in [0.2, 0.25) is 0 Å². The highest BCUT2D eigenvalue weighted by atomic mass is 15.6. The smallest absolute Gasteiger partial charge is 0.168 e. The fourth-order valence-electron chi connectivity index (χ4n) is 3.54. The van der Waals surface area contributed by atoms with E-state index in [9.17, 15) is 0 Å². The Hall–Kier alpha value is -1.95. The normalized spacial score (nSPS) is 17.7. The van der Waals surface area contributed by atoms with Gasteiger partial charge in [0.05, 0.1) is 12.1 Å². The molecule has 1 aliphatic rings. The van der Waals surface area contributed by atoms with Crippen LogP contribution in [-0.4, -0.2) is 51.3 Å². The number of nitrogens with zero attached hydrogens (tertiary/aromatic N) is 6. The summed E-state index contributed by atoms with van der Waals surface area (Å²) in [4.78, 5) is 4.99. The first-order chi connectivity index (χ1) is 11.6. The molecule has 0 N–H and O–H groups in total. The van der Waals surface area contributed by atoms with Crippen LogP contribution in [0.5, 0.6) is 0 Å². The maximum absolute atomic E-state index is 4.36. The molecule has 1 fully saturated rings. The maximum atomic E-state index is 4.36. The number of para-hydroxylation sites is 1. The third kappa shape index (κ3) is 3.43. The molecule has 6 heteroatoms. The first-order valence-electron chi connectivity index (χ1n) is 8.89. The molecule has 6 nitrogen and oxygen atoms in total. The van der Waals surface area contributed by atoms with Gasteiger partial charge in [-0.3, -0.25) is 4.90 Å². The lowest BCUT2D eigenvalue weighted by atomic mass is 10.0. The monoisotopic (exact) mass is 328 g/mol. The van der Waals surface area contributed by atoms with Crippen molar-refractivity contribution in [3.8, 4) is 0 Å². The molecule has 2 aromatic rings. The summed E-state index contributed by atoms with van der Waals surface area (Å²) >= 11 is 0. The Bertz CT molecular complexity index is 628. The van der Waals surface area contributed by atoms with Crippen molar-refractivity contribution >= 4 is 5.69 Å². The van der Waals surface area contributed by atoms with E-state index in [2.05, 4.69) is 83.4 Å². The highest BCUT2D eigenvalue weighted by Gasteiger charge is 2.31. The van der Waals surface area contributed by atoms with E-state index < -0.39 is 0 Å². The van der Waals surface area contributed by atoms with Gasteiger partial charge in [0.25, 0.3) is 0 Å². The second-order valence-corrected chi connectivity index (χ2v) is 7.12. The Morgan fingerprint density at radius 1 is 0.917 bits per heavy atom. The summed E-state index contributed by atoms with van der Waals surface area (Å²) < 4.78 is 1.97. The topological polar surface area (TPSA) is 50.1 Å². The summed E-state index contributed by atoms with van der Waals surface area (Å²) in [5, 5.41) is 12.5. The van der Waals surface area contributed by atoms with E-state index >= 15 is 0 Å². The molecule has 1 aromatic heterocycles. The van der Waals surface area contributed by atoms with Gasteiger partial charge in [0, 0.05) is 31.9 Å². The molecule has 1 aliphatic heterocycles. The molecule has 2 heterocycles. The lowest BCUT2D eigenvalue weighted by Crippen LogP contribution is -2.49. The summed E-state index contributed by atoms with van der Waals surface area (Å²) in [5.74, 6) is 1.46. The second kappa shape index (κ2) is 7.30. The van der Waals surface area contributed by atoms with Crippen LogP contribution < -0.4 is 4.90 Å². The molecule has 0 spiro atoms. The zero-order valence-corrected chi connectivity index (χ0v) is 15.1. The van der Waals surface area contributed by atoms with Gasteiger partial charge in [0.15, 0.2) is 5.82 Å². The molecule has 0 unspecified atom stereocenters. The lowest BCUT2D eigenvalue weighted by molar-refractivity contribution is 0.133. The molecule has 24 heavy (non-hydrogen) atoms. The molecule has 0 aliphatic carbocycles. The largest absolute Gasteiger partial charge is 0.369 e. The van der Waals surface area contributed by atoms with Crippen LogP contribution in [0, 0.1) is 5.92 Å². The van der Waals surface area contributed by atoms with Crippen molar-refractivity contribution in [3.63, 3.8) is 0 Å². The fourth-order valence-corrected chi connectivity index (χ4v) is 3.54. The second-order valence-electron chi connectivity index (χ2n) is 7.12. The van der Waals surface area contributed by atoms with Gasteiger partial charge in [-0.15, -0.1) is 5.10 Å². The number of benzene rings is 1. The molecule has 3 rings (SSSR count). The molecule has 1 saturated heterocycles. The average molecular weight is 328 g/mol. The number of aromatic nitrogens is 4. The number of rotatable bonds is 5. The van der Waals surface area contributed by atoms with Crippen molar-refractivity contribution in [3.05, 3.63) is 36.2 Å². The molecule has 1 aromatic carbocycles. The van der Waals surface area contributed by atoms with Gasteiger partial charge < -0.3 is 4.90 Å². The first kappa shape index (κ1) is 16.9. The average Bonchev–Trinajstić information content (AvgIpc) is 3.06. The van der Waals surface area contributed by atoms with E-state index in [1.807, 2.05) is 4.68 Å². The van der Waals surface area contributed by atoms with Crippen LogP contribution in [0.15, 0.2) is 30.3 Å². The number of tetrazole rings is 1. The number of hydrogen-bond acceptors (Lipinski definition) is 5. The SMILES string of the molecule is CC(C)[C@H](c1nnnn1C(C)C)N1CCN(c2ccccc2)CC1. The highest BCUT2D eigenvalue weighted by molar-refractivity contribution is 5.46. The lowest BCUT2D eigenvalue weighted by Gasteiger charge is -2.41. The Morgan fingerprint density at radius 3 is 2.17 bits per heavy atom. The first-order valence-corrected chi connectivity index (χ1v) is 8.89. The third-order valence-electron chi connectivity index (χ3n) is 4.73. The summed E-state index contributed by atoms with van der Waals surface area (Å²) in [5.41, 5.74) is 1.31. The predicted molar refractivity (Wildman–Crippen MR) is 96.0 cm³/mol. The van der Waals surface area contributed by atoms with Gasteiger partial charge in [0.2, 0.25) is 0 Å². The Balaban J connectivity index is 1.74. The number of piperazine rings is 1. The predicted octanol–water partition coefficient (Wildman–Crippen LogP) is 2.77. The molecule has 0 saturated carbocycles. The van der Waals surface area contributed by atoms with Gasteiger partial charge in [0.1, 0.15) is 0 Å². The van der Waals surface area contributed by atoms with Gasteiger partial charge >= 0.3 is 0 Å². The molecular weight excluding hydrogens is 300 g/mol. The Morgan fingerprint density at radius 2 is 1.58 bits per heavy atom. The van der Waals surface area contributed by atoms with Gasteiger partial charge in [-0.1, -0.05) is 32.0 Å². The van der Waals surface area contributed by atoms with Crippen molar-refractivity contribution in [2.45, 2.75) is 39.8 Å². The van der Waals surface area contributed by atoms with Crippen LogP contribution in [0.4, 0.5) is 5.69 Å². The van der Waals surface area contributed by atoms with Crippen LogP contribution in [0.25, 0.3) is 0 Å². The van der Waals surface area contributed by atoms with E-state index in [0.717, 1.165) is 32.0 Å². The van der Waals surface area contributed by atoms with E-state index in [1.54, 1.807) is 0 Å². The van der Waals surface area contributed by atoms with E-state index in [0.29, 0.717) is 5.92 Å². The van der Waals surface area contributed by atoms with Crippen molar-refractivity contribution in [2.75, 3.05) is 31.1 Å². The van der Waals surface area contributed by atoms with Crippen molar-refractivity contribution < 1.29 is 0 Å². The quantitative estimate of drug-likeness (QED) is 0.845. The highest BCUT2D eigenvalue weighted by Crippen LogP contribution is 2.29. The minimum atomic E-state index is 0.264. The number of hydrogen-bond donors (Lipinski definition) is 0. The van der Waals surface area contributed by atoms with Crippen LogP contribution in [0.1, 0.15) is 45.6 Å². The van der Waals surface area contributed by atoms with E-state index in [1.165, 1.54) is 5.69 Å². The van der Waals surface area contributed by atoms with Crippen LogP contribution in [-0.2, 0) is 0 Å². The molecule has 0 amide bonds. The van der Waals surface area contributed by atoms with Gasteiger partial charge in [-0.05, 0) is 42.3 Å². The van der Waals surface area contributed by atoms with Crippen molar-refractivity contribution in [1.82, 2.24) is 25.1 Å². The zero-order valence-electron chi connectivity index (χ0n) is 15.1. The Labute approximate surface area is 144 Å². The molecular formula is C18H28N6. The van der Waals surface area contributed by atoms with E-state index in [4.69, 9.17) is 0 Å². The molecule has 0 bridgehead atoms. The zero-order chi connectivity index (χ0) is 17.1. The summed E-state index contributed by atoms with van der Waals surface area (Å²) in [6, 6.07) is 11.2. The van der Waals surface area contributed by atoms with Gasteiger partial charge in [-0.2, -0.15) is 0 Å². The Kier molecular flexibility index (Phi) is 5.14. The molecule has 1 atom stereocenters. The summed E-state index contributed by atoms with van der Waals surface area (Å²) in [6.07, 6.45) is 0. The number of anilines is 1. The van der Waals surface area contributed by atoms with Crippen molar-refractivity contribution in [1.29, 1.82) is 0 Å². The van der Waals surface area contributed by atoms with Crippen molar-refractivity contribution in [2.24, 2.45) is 5.92 Å². The fraction of sp³-hybridized carbons (Fsp3) is 0.611. The minimum absolute atomic E-state index is 0.264. The molecule has 0 radical (unpaired) electrons. The van der Waals surface area contributed by atoms with Gasteiger partial charge in [-0.25, -0.2) is 4.68 Å². The molecule has 130 valence electrons. The van der Waals surface area contributed by atoms with E-state index in [-0.39, 0.29) is 12.1 Å². The summed E-state index contributed by atoms with van der Waals surface area (Å²) in [7, 11) is 0. The standard InChI is InChI=1S/C18H28N6/c1-14(2)17(18-19-20-21-24(18)15(3)4)23-12-10-22(11-13-23)16-8-6-5-7-9-16/h5-9,14-15,17H,10-13H2,1-4H3/t17-/m1/s1. The summed E-state index contributed by atoms with van der Waals surface area (Å²) in [6.45, 7) is 12.9.